The lowest BCUT2D eigenvalue weighted by atomic mass is 10.1. The molecule has 2 aromatic heterocycles. The molecule has 1 aromatic carbocycles. The van der Waals surface area contributed by atoms with Crippen molar-refractivity contribution < 1.29 is 4.79 Å². The maximum Gasteiger partial charge on any atom is 0.331 e. The van der Waals surface area contributed by atoms with Gasteiger partial charge in [-0.05, 0) is 42.5 Å². The largest absolute Gasteiger partial charge is 0.336 e. The topological polar surface area (TPSA) is 64.3 Å². The highest BCUT2D eigenvalue weighted by atomic mass is 32.1. The van der Waals surface area contributed by atoms with Crippen LogP contribution in [0, 0.1) is 0 Å². The first-order valence-electron chi connectivity index (χ1n) is 8.65. The molecule has 26 heavy (non-hydrogen) atoms. The SMILES string of the molecule is CCn1c(=O)c2ccccc2n(CC(=O)N2CCc3sccc3C2)c1=O. The molecule has 1 aliphatic heterocycles. The van der Waals surface area contributed by atoms with Crippen LogP contribution in [0.1, 0.15) is 17.4 Å². The fraction of sp³-hybridized carbons (Fsp3) is 0.316. The zero-order valence-corrected chi connectivity index (χ0v) is 15.3. The molecule has 0 radical (unpaired) electrons. The molecule has 0 fully saturated rings. The van der Waals surface area contributed by atoms with Crippen LogP contribution in [-0.2, 0) is 30.8 Å². The molecular weight excluding hydrogens is 350 g/mol. The lowest BCUT2D eigenvalue weighted by molar-refractivity contribution is -0.132. The molecule has 0 aliphatic carbocycles. The van der Waals surface area contributed by atoms with Gasteiger partial charge in [0.2, 0.25) is 5.91 Å². The molecule has 1 aliphatic rings. The quantitative estimate of drug-likeness (QED) is 0.708. The number of carbonyl (C=O) groups excluding carboxylic acids is 1. The Kier molecular flexibility index (Phi) is 4.24. The molecule has 0 saturated carbocycles. The molecule has 6 nitrogen and oxygen atoms in total. The first-order chi connectivity index (χ1) is 12.6. The maximum atomic E-state index is 12.9. The number of rotatable bonds is 3. The molecule has 0 spiro atoms. The van der Waals surface area contributed by atoms with Crippen LogP contribution in [0.25, 0.3) is 10.9 Å². The molecule has 0 bridgehead atoms. The van der Waals surface area contributed by atoms with Crippen molar-refractivity contribution >= 4 is 28.1 Å². The van der Waals surface area contributed by atoms with E-state index in [9.17, 15) is 14.4 Å². The number of para-hydroxylation sites is 1. The molecule has 3 heterocycles. The summed E-state index contributed by atoms with van der Waals surface area (Å²) in [5.41, 5.74) is 0.953. The molecule has 0 atom stereocenters. The predicted octanol–water partition coefficient (Wildman–Crippen LogP) is 1.83. The van der Waals surface area contributed by atoms with E-state index in [1.54, 1.807) is 47.4 Å². The summed E-state index contributed by atoms with van der Waals surface area (Å²) in [6.07, 6.45) is 0.850. The zero-order valence-electron chi connectivity index (χ0n) is 14.5. The van der Waals surface area contributed by atoms with Crippen molar-refractivity contribution in [2.75, 3.05) is 6.54 Å². The lowest BCUT2D eigenvalue weighted by Crippen LogP contribution is -2.44. The third kappa shape index (κ3) is 2.68. The van der Waals surface area contributed by atoms with E-state index in [0.717, 1.165) is 6.42 Å². The van der Waals surface area contributed by atoms with Crippen molar-refractivity contribution in [3.8, 4) is 0 Å². The minimum Gasteiger partial charge on any atom is -0.336 e. The Hall–Kier alpha value is -2.67. The lowest BCUT2D eigenvalue weighted by Gasteiger charge is -2.27. The van der Waals surface area contributed by atoms with Crippen molar-refractivity contribution in [1.82, 2.24) is 14.0 Å². The van der Waals surface area contributed by atoms with E-state index in [-0.39, 0.29) is 24.6 Å². The number of hydrogen-bond donors (Lipinski definition) is 0. The van der Waals surface area contributed by atoms with Crippen molar-refractivity contribution in [1.29, 1.82) is 0 Å². The second kappa shape index (κ2) is 6.57. The predicted molar refractivity (Wildman–Crippen MR) is 102 cm³/mol. The molecule has 1 amide bonds. The Balaban J connectivity index is 1.72. The van der Waals surface area contributed by atoms with Crippen LogP contribution in [-0.4, -0.2) is 26.5 Å². The minimum atomic E-state index is -0.433. The van der Waals surface area contributed by atoms with E-state index in [1.807, 2.05) is 5.38 Å². The van der Waals surface area contributed by atoms with Crippen LogP contribution in [0.5, 0.6) is 0 Å². The molecule has 0 saturated heterocycles. The highest BCUT2D eigenvalue weighted by molar-refractivity contribution is 7.10. The van der Waals surface area contributed by atoms with Gasteiger partial charge in [0.15, 0.2) is 0 Å². The second-order valence-corrected chi connectivity index (χ2v) is 7.37. The van der Waals surface area contributed by atoms with Gasteiger partial charge >= 0.3 is 5.69 Å². The number of fused-ring (bicyclic) bond motifs is 2. The van der Waals surface area contributed by atoms with Crippen molar-refractivity contribution in [3.63, 3.8) is 0 Å². The summed E-state index contributed by atoms with van der Waals surface area (Å²) in [6, 6.07) is 9.01. The van der Waals surface area contributed by atoms with E-state index in [0.29, 0.717) is 24.0 Å². The third-order valence-corrected chi connectivity index (χ3v) is 5.93. The molecule has 0 N–H and O–H groups in total. The highest BCUT2D eigenvalue weighted by Crippen LogP contribution is 2.24. The van der Waals surface area contributed by atoms with Crippen LogP contribution in [0.3, 0.4) is 0 Å². The molecule has 0 unspecified atom stereocenters. The Morgan fingerprint density at radius 1 is 1.15 bits per heavy atom. The van der Waals surface area contributed by atoms with Gasteiger partial charge in [-0.15, -0.1) is 11.3 Å². The van der Waals surface area contributed by atoms with Gasteiger partial charge in [0.25, 0.3) is 5.56 Å². The van der Waals surface area contributed by atoms with Crippen molar-refractivity contribution in [2.45, 2.75) is 33.0 Å². The van der Waals surface area contributed by atoms with Gasteiger partial charge < -0.3 is 4.90 Å². The standard InChI is InChI=1S/C19H19N3O3S/c1-2-21-18(24)14-5-3-4-6-15(14)22(19(21)25)12-17(23)20-9-7-16-13(11-20)8-10-26-16/h3-6,8,10H,2,7,9,11-12H2,1H3. The monoisotopic (exact) mass is 369 g/mol. The first-order valence-corrected chi connectivity index (χ1v) is 9.53. The zero-order chi connectivity index (χ0) is 18.3. The fourth-order valence-corrected chi connectivity index (χ4v) is 4.39. The maximum absolute atomic E-state index is 12.9. The van der Waals surface area contributed by atoms with Crippen LogP contribution in [0.4, 0.5) is 0 Å². The Bertz CT molecular complexity index is 1110. The summed E-state index contributed by atoms with van der Waals surface area (Å²) >= 11 is 1.72. The number of amides is 1. The Morgan fingerprint density at radius 2 is 1.96 bits per heavy atom. The number of carbonyl (C=O) groups is 1. The molecular formula is C19H19N3O3S. The number of benzene rings is 1. The van der Waals surface area contributed by atoms with Crippen LogP contribution in [0.15, 0.2) is 45.3 Å². The minimum absolute atomic E-state index is 0.0565. The molecule has 3 aromatic rings. The third-order valence-electron chi connectivity index (χ3n) is 4.90. The number of nitrogens with zero attached hydrogens (tertiary/aromatic N) is 3. The van der Waals surface area contributed by atoms with E-state index >= 15 is 0 Å². The molecule has 4 rings (SSSR count). The summed E-state index contributed by atoms with van der Waals surface area (Å²) in [5, 5.41) is 2.51. The van der Waals surface area contributed by atoms with E-state index in [1.165, 1.54) is 19.6 Å². The van der Waals surface area contributed by atoms with Gasteiger partial charge in [-0.2, -0.15) is 0 Å². The number of hydrogen-bond acceptors (Lipinski definition) is 4. The summed E-state index contributed by atoms with van der Waals surface area (Å²) in [5.74, 6) is -0.101. The Labute approximate surface area is 153 Å². The van der Waals surface area contributed by atoms with Crippen LogP contribution >= 0.6 is 11.3 Å². The number of thiophene rings is 1. The van der Waals surface area contributed by atoms with Gasteiger partial charge in [0.05, 0.1) is 10.9 Å². The van der Waals surface area contributed by atoms with E-state index in [4.69, 9.17) is 0 Å². The molecule has 134 valence electrons. The molecule has 7 heteroatoms. The summed E-state index contributed by atoms with van der Waals surface area (Å²) in [6.45, 7) is 3.22. The van der Waals surface area contributed by atoms with Crippen molar-refractivity contribution in [3.05, 3.63) is 67.0 Å². The van der Waals surface area contributed by atoms with E-state index in [2.05, 4.69) is 6.07 Å². The number of aromatic nitrogens is 2. The van der Waals surface area contributed by atoms with Gasteiger partial charge in [0, 0.05) is 24.5 Å². The summed E-state index contributed by atoms with van der Waals surface area (Å²) in [4.78, 5) is 41.2. The smallest absolute Gasteiger partial charge is 0.331 e. The fourth-order valence-electron chi connectivity index (χ4n) is 3.50. The average Bonchev–Trinajstić information content (AvgIpc) is 3.13. The highest BCUT2D eigenvalue weighted by Gasteiger charge is 2.23. The van der Waals surface area contributed by atoms with Gasteiger partial charge in [-0.25, -0.2) is 4.79 Å². The van der Waals surface area contributed by atoms with E-state index < -0.39 is 5.69 Å². The normalized spacial score (nSPS) is 13.8. The van der Waals surface area contributed by atoms with Crippen LogP contribution in [0.2, 0.25) is 0 Å². The average molecular weight is 369 g/mol. The van der Waals surface area contributed by atoms with Crippen LogP contribution < -0.4 is 11.2 Å². The Morgan fingerprint density at radius 3 is 2.77 bits per heavy atom. The first kappa shape index (κ1) is 16.8. The van der Waals surface area contributed by atoms with Crippen molar-refractivity contribution in [2.24, 2.45) is 0 Å². The van der Waals surface area contributed by atoms with Gasteiger partial charge in [-0.1, -0.05) is 12.1 Å². The summed E-state index contributed by atoms with van der Waals surface area (Å²) < 4.78 is 2.61. The van der Waals surface area contributed by atoms with Gasteiger partial charge in [-0.3, -0.25) is 18.7 Å². The summed E-state index contributed by atoms with van der Waals surface area (Å²) in [7, 11) is 0. The second-order valence-electron chi connectivity index (χ2n) is 6.37. The van der Waals surface area contributed by atoms with Gasteiger partial charge in [0.1, 0.15) is 6.54 Å².